The Morgan fingerprint density at radius 3 is 3.09 bits per heavy atom. The molecule has 3 nitrogen and oxygen atoms in total. The van der Waals surface area contributed by atoms with E-state index in [4.69, 9.17) is 4.74 Å². The van der Waals surface area contributed by atoms with E-state index in [0.717, 1.165) is 13.0 Å². The number of amides is 1. The molecule has 60 valence electrons. The van der Waals surface area contributed by atoms with Crippen LogP contribution in [0, 0.1) is 17.8 Å². The monoisotopic (exact) mass is 153 g/mol. The minimum atomic E-state index is -0.225. The van der Waals surface area contributed by atoms with E-state index >= 15 is 0 Å². The number of hydrogen-bond acceptors (Lipinski definition) is 2. The van der Waals surface area contributed by atoms with Crippen LogP contribution in [0.3, 0.4) is 0 Å². The summed E-state index contributed by atoms with van der Waals surface area (Å²) in [5.41, 5.74) is 0. The molecule has 3 heteroatoms. The van der Waals surface area contributed by atoms with E-state index in [1.165, 1.54) is 0 Å². The summed E-state index contributed by atoms with van der Waals surface area (Å²) in [6.07, 6.45) is 0.948. The maximum Gasteiger partial charge on any atom is 0.295 e. The summed E-state index contributed by atoms with van der Waals surface area (Å²) in [7, 11) is 1.57. The fourth-order valence-electron chi connectivity index (χ4n) is 0.878. The first kappa shape index (κ1) is 8.09. The SMILES string of the molecule is CNC(=O)C#CC1CCOC1. The van der Waals surface area contributed by atoms with E-state index in [2.05, 4.69) is 17.2 Å². The number of carbonyl (C=O) groups excluding carboxylic acids is 1. The number of ether oxygens (including phenoxy) is 1. The summed E-state index contributed by atoms with van der Waals surface area (Å²) in [6, 6.07) is 0. The van der Waals surface area contributed by atoms with Gasteiger partial charge in [0.1, 0.15) is 0 Å². The molecule has 1 amide bonds. The molecular weight excluding hydrogens is 142 g/mol. The van der Waals surface area contributed by atoms with Crippen molar-refractivity contribution >= 4 is 5.91 Å². The molecule has 0 aromatic heterocycles. The molecule has 1 rings (SSSR count). The van der Waals surface area contributed by atoms with Crippen LogP contribution >= 0.6 is 0 Å². The van der Waals surface area contributed by atoms with Gasteiger partial charge in [0.25, 0.3) is 5.91 Å². The van der Waals surface area contributed by atoms with Crippen LogP contribution in [0.2, 0.25) is 0 Å². The number of nitrogens with one attached hydrogen (secondary N) is 1. The molecule has 0 saturated carbocycles. The highest BCUT2D eigenvalue weighted by Gasteiger charge is 2.12. The highest BCUT2D eigenvalue weighted by Crippen LogP contribution is 2.09. The standard InChI is InChI=1S/C8H11NO2/c1-9-8(10)3-2-7-4-5-11-6-7/h7H,4-6H2,1H3,(H,9,10). The zero-order chi connectivity index (χ0) is 8.10. The third-order valence-corrected chi connectivity index (χ3v) is 1.55. The van der Waals surface area contributed by atoms with Gasteiger partial charge in [-0.05, 0) is 12.3 Å². The Labute approximate surface area is 66.1 Å². The van der Waals surface area contributed by atoms with Crippen LogP contribution in [-0.2, 0) is 9.53 Å². The van der Waals surface area contributed by atoms with Gasteiger partial charge in [0, 0.05) is 19.6 Å². The first-order chi connectivity index (χ1) is 5.33. The Morgan fingerprint density at radius 1 is 1.73 bits per heavy atom. The van der Waals surface area contributed by atoms with Crippen molar-refractivity contribution in [2.24, 2.45) is 5.92 Å². The maximum absolute atomic E-state index is 10.6. The van der Waals surface area contributed by atoms with Gasteiger partial charge in [-0.2, -0.15) is 0 Å². The highest BCUT2D eigenvalue weighted by atomic mass is 16.5. The molecule has 1 fully saturated rings. The van der Waals surface area contributed by atoms with Crippen LogP contribution in [0.1, 0.15) is 6.42 Å². The third-order valence-electron chi connectivity index (χ3n) is 1.55. The fourth-order valence-corrected chi connectivity index (χ4v) is 0.878. The van der Waals surface area contributed by atoms with E-state index in [0.29, 0.717) is 6.61 Å². The Bertz CT molecular complexity index is 196. The molecule has 1 N–H and O–H groups in total. The normalized spacial score (nSPS) is 22.1. The smallest absolute Gasteiger partial charge is 0.295 e. The van der Waals surface area contributed by atoms with Crippen LogP contribution < -0.4 is 5.32 Å². The molecule has 1 aliphatic heterocycles. The lowest BCUT2D eigenvalue weighted by atomic mass is 10.1. The quantitative estimate of drug-likeness (QED) is 0.488. The molecule has 0 aromatic rings. The van der Waals surface area contributed by atoms with E-state index in [-0.39, 0.29) is 11.8 Å². The molecule has 1 unspecified atom stereocenters. The average molecular weight is 153 g/mol. The van der Waals surface area contributed by atoms with Crippen molar-refractivity contribution in [3.8, 4) is 11.8 Å². The minimum Gasteiger partial charge on any atom is -0.380 e. The molecule has 1 atom stereocenters. The lowest BCUT2D eigenvalue weighted by Crippen LogP contribution is -2.15. The first-order valence-corrected chi connectivity index (χ1v) is 3.64. The zero-order valence-corrected chi connectivity index (χ0v) is 6.52. The van der Waals surface area contributed by atoms with E-state index in [1.54, 1.807) is 7.05 Å². The summed E-state index contributed by atoms with van der Waals surface area (Å²) in [6.45, 7) is 1.44. The Balaban J connectivity index is 2.36. The molecule has 0 radical (unpaired) electrons. The van der Waals surface area contributed by atoms with Gasteiger partial charge in [0.15, 0.2) is 0 Å². The number of hydrogen-bond donors (Lipinski definition) is 1. The van der Waals surface area contributed by atoms with Crippen molar-refractivity contribution < 1.29 is 9.53 Å². The first-order valence-electron chi connectivity index (χ1n) is 3.64. The second-order valence-electron chi connectivity index (χ2n) is 2.41. The summed E-state index contributed by atoms with van der Waals surface area (Å²) in [5, 5.41) is 2.44. The molecule has 1 saturated heterocycles. The Morgan fingerprint density at radius 2 is 2.55 bits per heavy atom. The molecule has 0 spiro atoms. The Kier molecular flexibility index (Phi) is 2.94. The third kappa shape index (κ3) is 2.60. The van der Waals surface area contributed by atoms with Crippen LogP contribution in [0.25, 0.3) is 0 Å². The van der Waals surface area contributed by atoms with Gasteiger partial charge in [0.05, 0.1) is 6.61 Å². The summed E-state index contributed by atoms with van der Waals surface area (Å²) >= 11 is 0. The minimum absolute atomic E-state index is 0.225. The predicted molar refractivity (Wildman–Crippen MR) is 40.8 cm³/mol. The second kappa shape index (κ2) is 3.99. The lowest BCUT2D eigenvalue weighted by Gasteiger charge is -1.92. The highest BCUT2D eigenvalue weighted by molar-refractivity contribution is 5.93. The van der Waals surface area contributed by atoms with E-state index in [1.807, 2.05) is 0 Å². The van der Waals surface area contributed by atoms with Crippen LogP contribution in [-0.4, -0.2) is 26.2 Å². The van der Waals surface area contributed by atoms with Gasteiger partial charge in [0.2, 0.25) is 0 Å². The zero-order valence-electron chi connectivity index (χ0n) is 6.52. The molecule has 0 aromatic carbocycles. The van der Waals surface area contributed by atoms with Gasteiger partial charge in [-0.15, -0.1) is 0 Å². The molecule has 0 aliphatic carbocycles. The van der Waals surface area contributed by atoms with Crippen molar-refractivity contribution in [3.05, 3.63) is 0 Å². The van der Waals surface area contributed by atoms with Gasteiger partial charge >= 0.3 is 0 Å². The lowest BCUT2D eigenvalue weighted by molar-refractivity contribution is -0.115. The van der Waals surface area contributed by atoms with Crippen LogP contribution in [0.4, 0.5) is 0 Å². The van der Waals surface area contributed by atoms with Crippen molar-refractivity contribution in [2.45, 2.75) is 6.42 Å². The van der Waals surface area contributed by atoms with Gasteiger partial charge in [-0.1, -0.05) is 5.92 Å². The summed E-state index contributed by atoms with van der Waals surface area (Å²) < 4.78 is 5.09. The molecule has 1 heterocycles. The van der Waals surface area contributed by atoms with Gasteiger partial charge < -0.3 is 10.1 Å². The van der Waals surface area contributed by atoms with Crippen molar-refractivity contribution in [3.63, 3.8) is 0 Å². The average Bonchev–Trinajstić information content (AvgIpc) is 2.52. The van der Waals surface area contributed by atoms with Crippen molar-refractivity contribution in [1.82, 2.24) is 5.32 Å². The van der Waals surface area contributed by atoms with Gasteiger partial charge in [-0.25, -0.2) is 0 Å². The van der Waals surface area contributed by atoms with Crippen molar-refractivity contribution in [2.75, 3.05) is 20.3 Å². The molecule has 0 bridgehead atoms. The summed E-state index contributed by atoms with van der Waals surface area (Å²) in [4.78, 5) is 10.6. The van der Waals surface area contributed by atoms with Crippen LogP contribution in [0.15, 0.2) is 0 Å². The summed E-state index contributed by atoms with van der Waals surface area (Å²) in [5.74, 6) is 5.37. The maximum atomic E-state index is 10.6. The van der Waals surface area contributed by atoms with Gasteiger partial charge in [-0.3, -0.25) is 4.79 Å². The van der Waals surface area contributed by atoms with E-state index < -0.39 is 0 Å². The number of rotatable bonds is 0. The fraction of sp³-hybridized carbons (Fsp3) is 0.625. The topological polar surface area (TPSA) is 38.3 Å². The molecule has 1 aliphatic rings. The largest absolute Gasteiger partial charge is 0.380 e. The van der Waals surface area contributed by atoms with E-state index in [9.17, 15) is 4.79 Å². The predicted octanol–water partition coefficient (Wildman–Crippen LogP) is -0.228. The van der Waals surface area contributed by atoms with Crippen molar-refractivity contribution in [1.29, 1.82) is 0 Å². The van der Waals surface area contributed by atoms with Crippen LogP contribution in [0.5, 0.6) is 0 Å². The number of carbonyl (C=O) groups is 1. The molecular formula is C8H11NO2. The second-order valence-corrected chi connectivity index (χ2v) is 2.41. The Hall–Kier alpha value is -1.01. The molecule has 11 heavy (non-hydrogen) atoms.